The molecule has 0 unspecified atom stereocenters. The van der Waals surface area contributed by atoms with Crippen LogP contribution in [0.5, 0.6) is 0 Å². The van der Waals surface area contributed by atoms with Crippen molar-refractivity contribution in [2.24, 2.45) is 0 Å². The van der Waals surface area contributed by atoms with Crippen LogP contribution in [0.25, 0.3) is 0 Å². The number of nitrogens with zero attached hydrogens (tertiary/aromatic N) is 3. The van der Waals surface area contributed by atoms with Crippen LogP contribution in [0, 0.1) is 5.82 Å². The Hall–Kier alpha value is -1.96. The normalized spacial score (nSPS) is 11.7. The zero-order chi connectivity index (χ0) is 14.9. The van der Waals surface area contributed by atoms with E-state index >= 15 is 0 Å². The molecule has 4 nitrogen and oxygen atoms in total. The van der Waals surface area contributed by atoms with E-state index in [1.54, 1.807) is 0 Å². The second-order valence-corrected chi connectivity index (χ2v) is 4.27. The highest BCUT2D eigenvalue weighted by atomic mass is 35.5. The number of carbonyl (C=O) groups is 1. The van der Waals surface area contributed by atoms with Gasteiger partial charge in [0.1, 0.15) is 5.82 Å². The summed E-state index contributed by atoms with van der Waals surface area (Å²) in [4.78, 5) is 10.9. The lowest BCUT2D eigenvalue weighted by atomic mass is 10.2. The lowest BCUT2D eigenvalue weighted by molar-refractivity contribution is -0.0888. The van der Waals surface area contributed by atoms with Gasteiger partial charge >= 0.3 is 6.18 Å². The number of hydrogen-bond donors (Lipinski definition) is 0. The largest absolute Gasteiger partial charge is 0.456 e. The summed E-state index contributed by atoms with van der Waals surface area (Å²) in [5.74, 6) is -2.63. The van der Waals surface area contributed by atoms with Crippen molar-refractivity contribution in [1.82, 2.24) is 15.0 Å². The minimum Gasteiger partial charge on any atom is -0.282 e. The van der Waals surface area contributed by atoms with Crippen molar-refractivity contribution in [2.45, 2.75) is 12.7 Å². The van der Waals surface area contributed by atoms with Crippen LogP contribution < -0.4 is 0 Å². The maximum atomic E-state index is 13.0. The molecule has 0 bridgehead atoms. The molecule has 2 aromatic rings. The fourth-order valence-electron chi connectivity index (χ4n) is 1.46. The highest BCUT2D eigenvalue weighted by Gasteiger charge is 2.41. The van der Waals surface area contributed by atoms with E-state index in [1.807, 2.05) is 0 Å². The molecule has 0 fully saturated rings. The van der Waals surface area contributed by atoms with Gasteiger partial charge in [0.25, 0.3) is 5.78 Å². The van der Waals surface area contributed by atoms with Crippen molar-refractivity contribution in [3.8, 4) is 0 Å². The number of Topliss-reactive ketones (excluding diaryl/α,β-unsaturated/α-hetero) is 1. The molecule has 0 N–H and O–H groups in total. The quantitative estimate of drug-likeness (QED) is 0.647. The van der Waals surface area contributed by atoms with Gasteiger partial charge in [-0.2, -0.15) is 13.2 Å². The van der Waals surface area contributed by atoms with Crippen LogP contribution in [-0.2, 0) is 6.54 Å². The molecule has 0 amide bonds. The van der Waals surface area contributed by atoms with E-state index in [4.69, 9.17) is 11.6 Å². The Morgan fingerprint density at radius 3 is 2.70 bits per heavy atom. The van der Waals surface area contributed by atoms with Crippen molar-refractivity contribution < 1.29 is 22.4 Å². The first-order valence-corrected chi connectivity index (χ1v) is 5.61. The van der Waals surface area contributed by atoms with Crippen LogP contribution in [0.1, 0.15) is 16.1 Å². The number of carbonyl (C=O) groups excluding carboxylic acids is 1. The van der Waals surface area contributed by atoms with Crippen LogP contribution in [0.4, 0.5) is 17.6 Å². The van der Waals surface area contributed by atoms with E-state index in [0.29, 0.717) is 5.56 Å². The molecule has 1 heterocycles. The van der Waals surface area contributed by atoms with Gasteiger partial charge in [-0.25, -0.2) is 9.07 Å². The first-order valence-electron chi connectivity index (χ1n) is 5.23. The van der Waals surface area contributed by atoms with Gasteiger partial charge < -0.3 is 0 Å². The van der Waals surface area contributed by atoms with Gasteiger partial charge in [0.05, 0.1) is 12.7 Å². The Bertz CT molecular complexity index is 653. The highest BCUT2D eigenvalue weighted by Crippen LogP contribution is 2.21. The van der Waals surface area contributed by atoms with Gasteiger partial charge in [-0.15, -0.1) is 5.10 Å². The van der Waals surface area contributed by atoms with E-state index in [9.17, 15) is 22.4 Å². The Balaban J connectivity index is 2.22. The molecule has 2 rings (SSSR count). The van der Waals surface area contributed by atoms with Crippen molar-refractivity contribution in [3.63, 3.8) is 0 Å². The summed E-state index contributed by atoms with van der Waals surface area (Å²) in [7, 11) is 0. The Morgan fingerprint density at radius 2 is 2.05 bits per heavy atom. The smallest absolute Gasteiger partial charge is 0.282 e. The number of benzene rings is 1. The molecule has 106 valence electrons. The summed E-state index contributed by atoms with van der Waals surface area (Å²) in [5, 5.41) is 6.75. The summed E-state index contributed by atoms with van der Waals surface area (Å²) in [6.07, 6.45) is -4.19. The fraction of sp³-hybridized carbons (Fsp3) is 0.182. The molecule has 0 saturated heterocycles. The summed E-state index contributed by atoms with van der Waals surface area (Å²) in [6.45, 7) is -0.102. The average molecular weight is 308 g/mol. The Labute approximate surface area is 115 Å². The molecule has 1 aromatic carbocycles. The van der Waals surface area contributed by atoms with Crippen molar-refractivity contribution in [3.05, 3.63) is 46.5 Å². The van der Waals surface area contributed by atoms with E-state index in [2.05, 4.69) is 10.3 Å². The number of halogens is 5. The molecule has 9 heteroatoms. The molecule has 0 spiro atoms. The third-order valence-corrected chi connectivity index (χ3v) is 2.74. The predicted molar refractivity (Wildman–Crippen MR) is 60.9 cm³/mol. The van der Waals surface area contributed by atoms with Gasteiger partial charge in [0.15, 0.2) is 5.69 Å². The first-order chi connectivity index (χ1) is 9.27. The van der Waals surface area contributed by atoms with Crippen LogP contribution in [-0.4, -0.2) is 27.0 Å². The standard InChI is InChI=1S/C11H6ClF4N3O/c12-8-2-1-7(13)3-6(8)4-19-5-9(17-18-19)10(20)11(14,15)16/h1-3,5H,4H2. The van der Waals surface area contributed by atoms with Gasteiger partial charge in [-0.05, 0) is 23.8 Å². The van der Waals surface area contributed by atoms with Gasteiger partial charge in [0, 0.05) is 5.02 Å². The van der Waals surface area contributed by atoms with E-state index in [1.165, 1.54) is 6.07 Å². The molecule has 0 aliphatic heterocycles. The number of hydrogen-bond acceptors (Lipinski definition) is 3. The second kappa shape index (κ2) is 5.20. The Kier molecular flexibility index (Phi) is 3.76. The highest BCUT2D eigenvalue weighted by molar-refractivity contribution is 6.31. The number of alkyl halides is 3. The summed E-state index contributed by atoms with van der Waals surface area (Å²) in [6, 6.07) is 3.58. The van der Waals surface area contributed by atoms with Crippen LogP contribution in [0.15, 0.2) is 24.4 Å². The first kappa shape index (κ1) is 14.4. The molecule has 0 aliphatic carbocycles. The topological polar surface area (TPSA) is 47.8 Å². The van der Waals surface area contributed by atoms with Gasteiger partial charge in [-0.3, -0.25) is 4.79 Å². The zero-order valence-electron chi connectivity index (χ0n) is 9.66. The van der Waals surface area contributed by atoms with Gasteiger partial charge in [0.2, 0.25) is 0 Å². The van der Waals surface area contributed by atoms with E-state index in [-0.39, 0.29) is 11.6 Å². The maximum absolute atomic E-state index is 13.0. The molecule has 0 aliphatic rings. The maximum Gasteiger partial charge on any atom is 0.456 e. The fourth-order valence-corrected chi connectivity index (χ4v) is 1.64. The number of aromatic nitrogens is 3. The SMILES string of the molecule is O=C(c1cn(Cc2cc(F)ccc2Cl)nn1)C(F)(F)F. The molecule has 20 heavy (non-hydrogen) atoms. The summed E-state index contributed by atoms with van der Waals surface area (Å²) in [5.41, 5.74) is -0.521. The van der Waals surface area contributed by atoms with E-state index < -0.39 is 23.5 Å². The molecular formula is C11H6ClF4N3O. The average Bonchev–Trinajstić information content (AvgIpc) is 2.80. The van der Waals surface area contributed by atoms with Gasteiger partial charge in [-0.1, -0.05) is 16.8 Å². The minimum atomic E-state index is -5.02. The van der Waals surface area contributed by atoms with Crippen LogP contribution in [0.2, 0.25) is 5.02 Å². The number of ketones is 1. The Morgan fingerprint density at radius 1 is 1.35 bits per heavy atom. The molecular weight excluding hydrogens is 302 g/mol. The monoisotopic (exact) mass is 307 g/mol. The zero-order valence-corrected chi connectivity index (χ0v) is 10.4. The van der Waals surface area contributed by atoms with Crippen molar-refractivity contribution in [2.75, 3.05) is 0 Å². The predicted octanol–water partition coefficient (Wildman–Crippen LogP) is 2.86. The van der Waals surface area contributed by atoms with E-state index in [0.717, 1.165) is 23.0 Å². The lowest BCUT2D eigenvalue weighted by Crippen LogP contribution is -2.23. The third-order valence-electron chi connectivity index (χ3n) is 2.37. The third kappa shape index (κ3) is 3.13. The summed E-state index contributed by atoms with van der Waals surface area (Å²) < 4.78 is 50.6. The minimum absolute atomic E-state index is 0.102. The molecule has 0 radical (unpaired) electrons. The summed E-state index contributed by atoms with van der Waals surface area (Å²) >= 11 is 5.81. The molecule has 1 aromatic heterocycles. The van der Waals surface area contributed by atoms with Crippen molar-refractivity contribution in [1.29, 1.82) is 0 Å². The second-order valence-electron chi connectivity index (χ2n) is 3.86. The van der Waals surface area contributed by atoms with Crippen LogP contribution >= 0.6 is 11.6 Å². The molecule has 0 atom stereocenters. The number of rotatable bonds is 3. The molecule has 0 saturated carbocycles. The van der Waals surface area contributed by atoms with Crippen LogP contribution in [0.3, 0.4) is 0 Å². The van der Waals surface area contributed by atoms with Crippen molar-refractivity contribution >= 4 is 17.4 Å². The lowest BCUT2D eigenvalue weighted by Gasteiger charge is -2.03.